The van der Waals surface area contributed by atoms with Crippen LogP contribution in [0, 0.1) is 0 Å². The van der Waals surface area contributed by atoms with Crippen LogP contribution in [0.2, 0.25) is 0 Å². The number of aliphatic carboxylic acids is 2. The molecule has 9 heteroatoms. The minimum absolute atomic E-state index is 0.0598. The lowest BCUT2D eigenvalue weighted by atomic mass is 10.2. The molecule has 1 saturated heterocycles. The summed E-state index contributed by atoms with van der Waals surface area (Å²) in [6.07, 6.45) is 1.78. The first kappa shape index (κ1) is 19.4. The lowest BCUT2D eigenvalue weighted by Crippen LogP contribution is -2.41. The fourth-order valence-electron chi connectivity index (χ4n) is 1.52. The summed E-state index contributed by atoms with van der Waals surface area (Å²) in [7, 11) is 0. The van der Waals surface area contributed by atoms with Crippen LogP contribution in [0.3, 0.4) is 0 Å². The molecule has 0 bridgehead atoms. The largest absolute Gasteiger partial charge is 0.480 e. The van der Waals surface area contributed by atoms with Crippen LogP contribution in [0.1, 0.15) is 26.7 Å². The van der Waals surface area contributed by atoms with Gasteiger partial charge in [0.25, 0.3) is 0 Å². The van der Waals surface area contributed by atoms with Crippen molar-refractivity contribution in [2.45, 2.75) is 38.8 Å². The van der Waals surface area contributed by atoms with Crippen LogP contribution in [0.5, 0.6) is 0 Å². The van der Waals surface area contributed by atoms with Gasteiger partial charge in [0, 0.05) is 19.6 Å². The molecule has 0 aromatic heterocycles. The summed E-state index contributed by atoms with van der Waals surface area (Å²) in [5, 5.41) is 21.9. The van der Waals surface area contributed by atoms with Crippen LogP contribution in [0.15, 0.2) is 0 Å². The summed E-state index contributed by atoms with van der Waals surface area (Å²) in [5.74, 6) is -2.22. The van der Waals surface area contributed by atoms with Gasteiger partial charge in [0.15, 0.2) is 5.12 Å². The van der Waals surface area contributed by atoms with Gasteiger partial charge in [-0.25, -0.2) is 4.79 Å². The van der Waals surface area contributed by atoms with Crippen molar-refractivity contribution in [1.82, 2.24) is 10.6 Å². The number of carboxylic acid groups (broad SMARTS) is 2. The van der Waals surface area contributed by atoms with Gasteiger partial charge in [-0.05, 0) is 19.4 Å². The van der Waals surface area contributed by atoms with Crippen LogP contribution in [0.25, 0.3) is 0 Å². The maximum atomic E-state index is 10.5. The molecule has 0 spiro atoms. The number of hydrogen-bond donors (Lipinski definition) is 4. The molecule has 21 heavy (non-hydrogen) atoms. The Balaban J connectivity index is 0.000000423. The Labute approximate surface area is 126 Å². The van der Waals surface area contributed by atoms with Gasteiger partial charge in [-0.1, -0.05) is 11.8 Å². The number of hydrogen-bond acceptors (Lipinski definition) is 6. The molecule has 0 radical (unpaired) electrons. The number of carbonyl (C=O) groups excluding carboxylic acids is 2. The second-order valence-electron chi connectivity index (χ2n) is 4.38. The summed E-state index contributed by atoms with van der Waals surface area (Å²) in [6, 6.07) is -1.26. The zero-order chi connectivity index (χ0) is 16.4. The van der Waals surface area contributed by atoms with Crippen LogP contribution in [-0.4, -0.2) is 57.6 Å². The van der Waals surface area contributed by atoms with E-state index in [1.54, 1.807) is 0 Å². The molecule has 8 nitrogen and oxygen atoms in total. The van der Waals surface area contributed by atoms with E-state index < -0.39 is 23.9 Å². The number of nitrogens with one attached hydrogen (secondary N) is 2. The molecule has 1 fully saturated rings. The normalized spacial score (nSPS) is 18.1. The van der Waals surface area contributed by atoms with Crippen LogP contribution >= 0.6 is 11.8 Å². The molecular weight excluding hydrogens is 300 g/mol. The van der Waals surface area contributed by atoms with E-state index in [4.69, 9.17) is 10.2 Å². The SMILES string of the molecule is CC(=O)NC(CSC(C)=O)C(=O)O.O=C(O)[C@@H]1CCCN1. The Hall–Kier alpha value is -1.61. The number of thioether (sulfide) groups is 1. The van der Waals surface area contributed by atoms with Crippen molar-refractivity contribution < 1.29 is 29.4 Å². The fraction of sp³-hybridized carbons (Fsp3) is 0.667. The quantitative estimate of drug-likeness (QED) is 0.541. The molecule has 1 rings (SSSR count). The van der Waals surface area contributed by atoms with Gasteiger partial charge in [-0.2, -0.15) is 0 Å². The van der Waals surface area contributed by atoms with Crippen molar-refractivity contribution in [3.8, 4) is 0 Å². The highest BCUT2D eigenvalue weighted by Crippen LogP contribution is 2.04. The zero-order valence-electron chi connectivity index (χ0n) is 11.9. The smallest absolute Gasteiger partial charge is 0.327 e. The zero-order valence-corrected chi connectivity index (χ0v) is 12.7. The average molecular weight is 320 g/mol. The summed E-state index contributed by atoms with van der Waals surface area (Å²) >= 11 is 0.875. The molecule has 120 valence electrons. The number of rotatable bonds is 5. The molecule has 1 aliphatic rings. The third kappa shape index (κ3) is 9.85. The second kappa shape index (κ2) is 10.2. The number of carbonyl (C=O) groups is 4. The summed E-state index contributed by atoms with van der Waals surface area (Å²) in [5.41, 5.74) is 0. The Kier molecular flexibility index (Phi) is 9.39. The molecule has 2 atom stereocenters. The monoisotopic (exact) mass is 320 g/mol. The van der Waals surface area contributed by atoms with E-state index in [0.717, 1.165) is 31.1 Å². The van der Waals surface area contributed by atoms with E-state index >= 15 is 0 Å². The summed E-state index contributed by atoms with van der Waals surface area (Å²) in [4.78, 5) is 41.7. The van der Waals surface area contributed by atoms with E-state index in [1.807, 2.05) is 0 Å². The van der Waals surface area contributed by atoms with Crippen LogP contribution in [-0.2, 0) is 19.2 Å². The molecule has 0 saturated carbocycles. The van der Waals surface area contributed by atoms with E-state index in [2.05, 4.69) is 10.6 Å². The minimum atomic E-state index is -1.14. The van der Waals surface area contributed by atoms with Crippen molar-refractivity contribution in [2.75, 3.05) is 12.3 Å². The van der Waals surface area contributed by atoms with Crippen molar-refractivity contribution in [2.24, 2.45) is 0 Å². The van der Waals surface area contributed by atoms with Crippen molar-refractivity contribution in [1.29, 1.82) is 0 Å². The molecule has 4 N–H and O–H groups in total. The topological polar surface area (TPSA) is 133 Å². The minimum Gasteiger partial charge on any atom is -0.480 e. The average Bonchev–Trinajstić information content (AvgIpc) is 2.88. The van der Waals surface area contributed by atoms with E-state index in [1.165, 1.54) is 13.8 Å². The second-order valence-corrected chi connectivity index (χ2v) is 5.58. The predicted octanol–water partition coefficient (Wildman–Crippen LogP) is -0.322. The van der Waals surface area contributed by atoms with Crippen LogP contribution < -0.4 is 10.6 Å². The van der Waals surface area contributed by atoms with Gasteiger partial charge in [0.2, 0.25) is 5.91 Å². The van der Waals surface area contributed by atoms with E-state index in [0.29, 0.717) is 0 Å². The third-order valence-corrected chi connectivity index (χ3v) is 3.39. The standard InChI is InChI=1S/C7H11NO4S.C5H9NO2/c1-4(9)8-6(7(11)12)3-13-5(2)10;7-5(8)4-2-1-3-6-4/h6H,3H2,1-2H3,(H,8,9)(H,11,12);4,6H,1-3H2,(H,7,8)/t;4-/m.0/s1. The highest BCUT2D eigenvalue weighted by Gasteiger charge is 2.20. The molecule has 0 aliphatic carbocycles. The molecule has 1 heterocycles. The van der Waals surface area contributed by atoms with Gasteiger partial charge in [-0.15, -0.1) is 0 Å². The Morgan fingerprint density at radius 1 is 1.29 bits per heavy atom. The number of carboxylic acids is 2. The predicted molar refractivity (Wildman–Crippen MR) is 77.0 cm³/mol. The van der Waals surface area contributed by atoms with Crippen molar-refractivity contribution in [3.63, 3.8) is 0 Å². The Morgan fingerprint density at radius 3 is 2.19 bits per heavy atom. The van der Waals surface area contributed by atoms with Gasteiger partial charge >= 0.3 is 11.9 Å². The number of amides is 1. The highest BCUT2D eigenvalue weighted by molar-refractivity contribution is 8.13. The molecule has 1 amide bonds. The lowest BCUT2D eigenvalue weighted by molar-refractivity contribution is -0.141. The van der Waals surface area contributed by atoms with E-state index in [-0.39, 0.29) is 16.9 Å². The van der Waals surface area contributed by atoms with Gasteiger partial charge < -0.3 is 20.8 Å². The van der Waals surface area contributed by atoms with Crippen LogP contribution in [0.4, 0.5) is 0 Å². The first-order valence-corrected chi connectivity index (χ1v) is 7.32. The maximum absolute atomic E-state index is 10.5. The molecular formula is C12H20N2O6S. The molecule has 0 aromatic carbocycles. The first-order valence-electron chi connectivity index (χ1n) is 6.33. The fourth-order valence-corrected chi connectivity index (χ4v) is 2.14. The van der Waals surface area contributed by atoms with Gasteiger partial charge in [0.1, 0.15) is 12.1 Å². The van der Waals surface area contributed by atoms with Gasteiger partial charge in [0.05, 0.1) is 0 Å². The Bertz CT molecular complexity index is 395. The summed E-state index contributed by atoms with van der Waals surface area (Å²) < 4.78 is 0. The molecule has 0 aromatic rings. The van der Waals surface area contributed by atoms with E-state index in [9.17, 15) is 19.2 Å². The summed E-state index contributed by atoms with van der Waals surface area (Å²) in [6.45, 7) is 3.43. The highest BCUT2D eigenvalue weighted by atomic mass is 32.2. The first-order chi connectivity index (χ1) is 9.73. The third-order valence-electron chi connectivity index (χ3n) is 2.49. The van der Waals surface area contributed by atoms with Crippen molar-refractivity contribution in [3.05, 3.63) is 0 Å². The van der Waals surface area contributed by atoms with Crippen molar-refractivity contribution >= 4 is 34.7 Å². The Morgan fingerprint density at radius 2 is 1.90 bits per heavy atom. The van der Waals surface area contributed by atoms with Gasteiger partial charge in [-0.3, -0.25) is 14.4 Å². The molecule has 1 unspecified atom stereocenters. The lowest BCUT2D eigenvalue weighted by Gasteiger charge is -2.10. The maximum Gasteiger partial charge on any atom is 0.327 e. The molecule has 1 aliphatic heterocycles.